The van der Waals surface area contributed by atoms with Crippen molar-refractivity contribution in [2.24, 2.45) is 0 Å². The third-order valence-corrected chi connectivity index (χ3v) is 4.04. The molecule has 2 aromatic rings. The van der Waals surface area contributed by atoms with Crippen molar-refractivity contribution in [2.45, 2.75) is 26.7 Å². The summed E-state index contributed by atoms with van der Waals surface area (Å²) in [5, 5.41) is 11.5. The van der Waals surface area contributed by atoms with Gasteiger partial charge < -0.3 is 24.3 Å². The number of methoxy groups -OCH3 is 1. The zero-order chi connectivity index (χ0) is 22.5. The highest BCUT2D eigenvalue weighted by Gasteiger charge is 2.09. The summed E-state index contributed by atoms with van der Waals surface area (Å²) < 4.78 is 22.0. The van der Waals surface area contributed by atoms with Gasteiger partial charge in [0.1, 0.15) is 6.07 Å². The van der Waals surface area contributed by atoms with Crippen molar-refractivity contribution >= 4 is 17.7 Å². The molecule has 31 heavy (non-hydrogen) atoms. The summed E-state index contributed by atoms with van der Waals surface area (Å²) in [7, 11) is 1.51. The third-order valence-electron chi connectivity index (χ3n) is 4.04. The van der Waals surface area contributed by atoms with Crippen molar-refractivity contribution in [1.82, 2.24) is 0 Å². The number of nitrogens with zero attached hydrogens (tertiary/aromatic N) is 1. The van der Waals surface area contributed by atoms with Gasteiger partial charge in [0.25, 0.3) is 0 Å². The Morgan fingerprint density at radius 3 is 2.32 bits per heavy atom. The van der Waals surface area contributed by atoms with Crippen molar-refractivity contribution < 1.29 is 23.7 Å². The van der Waals surface area contributed by atoms with Crippen LogP contribution in [0.15, 0.2) is 42.5 Å². The Balaban J connectivity index is 2.07. The largest absolute Gasteiger partial charge is 0.493 e. The SMILES string of the molecule is CCCOc1ccc(NC(=O)/C=C/c2ccc(OCC#N)c(OC)c2)cc1OCCC. The van der Waals surface area contributed by atoms with Gasteiger partial charge in [-0.1, -0.05) is 19.9 Å². The van der Waals surface area contributed by atoms with Crippen LogP contribution in [0.5, 0.6) is 23.0 Å². The molecule has 7 nitrogen and oxygen atoms in total. The van der Waals surface area contributed by atoms with Gasteiger partial charge in [0.15, 0.2) is 29.6 Å². The Morgan fingerprint density at radius 1 is 0.968 bits per heavy atom. The molecular weight excluding hydrogens is 396 g/mol. The van der Waals surface area contributed by atoms with Crippen molar-refractivity contribution in [3.8, 4) is 29.1 Å². The van der Waals surface area contributed by atoms with Gasteiger partial charge in [-0.05, 0) is 48.7 Å². The fourth-order valence-electron chi connectivity index (χ4n) is 2.61. The molecule has 7 heteroatoms. The van der Waals surface area contributed by atoms with Crippen LogP contribution in [-0.4, -0.2) is 32.8 Å². The smallest absolute Gasteiger partial charge is 0.248 e. The Morgan fingerprint density at radius 2 is 1.65 bits per heavy atom. The molecule has 1 N–H and O–H groups in total. The lowest BCUT2D eigenvalue weighted by atomic mass is 10.2. The number of benzene rings is 2. The summed E-state index contributed by atoms with van der Waals surface area (Å²) in [6.07, 6.45) is 4.86. The predicted molar refractivity (Wildman–Crippen MR) is 120 cm³/mol. The van der Waals surface area contributed by atoms with E-state index in [-0.39, 0.29) is 12.5 Å². The van der Waals surface area contributed by atoms with Crippen LogP contribution in [0.25, 0.3) is 6.08 Å². The van der Waals surface area contributed by atoms with Gasteiger partial charge in [0.2, 0.25) is 5.91 Å². The first-order chi connectivity index (χ1) is 15.1. The van der Waals surface area contributed by atoms with Gasteiger partial charge in [-0.2, -0.15) is 5.26 Å². The average molecular weight is 424 g/mol. The first-order valence-electron chi connectivity index (χ1n) is 10.2. The third kappa shape index (κ3) is 7.59. The summed E-state index contributed by atoms with van der Waals surface area (Å²) in [5.41, 5.74) is 1.37. The predicted octanol–water partition coefficient (Wildman–Crippen LogP) is 4.83. The van der Waals surface area contributed by atoms with Crippen molar-refractivity contribution in [1.29, 1.82) is 5.26 Å². The molecule has 0 unspecified atom stereocenters. The Kier molecular flexibility index (Phi) is 9.76. The first-order valence-corrected chi connectivity index (χ1v) is 10.2. The zero-order valence-corrected chi connectivity index (χ0v) is 18.1. The van der Waals surface area contributed by atoms with Crippen LogP contribution in [0.1, 0.15) is 32.3 Å². The summed E-state index contributed by atoms with van der Waals surface area (Å²) in [4.78, 5) is 12.4. The van der Waals surface area contributed by atoms with E-state index in [9.17, 15) is 4.79 Å². The van der Waals surface area contributed by atoms with E-state index in [1.807, 2.05) is 19.9 Å². The Hall–Kier alpha value is -3.66. The highest BCUT2D eigenvalue weighted by Crippen LogP contribution is 2.31. The molecule has 164 valence electrons. The second-order valence-corrected chi connectivity index (χ2v) is 6.54. The average Bonchev–Trinajstić information content (AvgIpc) is 2.79. The van der Waals surface area contributed by atoms with E-state index < -0.39 is 0 Å². The van der Waals surface area contributed by atoms with Crippen molar-refractivity contribution in [2.75, 3.05) is 32.2 Å². The fraction of sp³-hybridized carbons (Fsp3) is 0.333. The number of anilines is 1. The highest BCUT2D eigenvalue weighted by molar-refractivity contribution is 6.02. The van der Waals surface area contributed by atoms with Gasteiger partial charge in [0, 0.05) is 17.8 Å². The van der Waals surface area contributed by atoms with Crippen molar-refractivity contribution in [3.05, 3.63) is 48.0 Å². The van der Waals surface area contributed by atoms with Crippen LogP contribution in [-0.2, 0) is 4.79 Å². The van der Waals surface area contributed by atoms with Crippen molar-refractivity contribution in [3.63, 3.8) is 0 Å². The quantitative estimate of drug-likeness (QED) is 0.491. The van der Waals surface area contributed by atoms with Crippen LogP contribution in [0.4, 0.5) is 5.69 Å². The fourth-order valence-corrected chi connectivity index (χ4v) is 2.61. The number of carbonyl (C=O) groups is 1. The number of ether oxygens (including phenoxy) is 4. The number of nitrogens with one attached hydrogen (secondary N) is 1. The molecule has 0 atom stereocenters. The standard InChI is InChI=1S/C24H28N2O5/c1-4-13-29-21-10-8-19(17-23(21)30-14-5-2)26-24(27)11-7-18-6-9-20(31-15-12-25)22(16-18)28-3/h6-11,16-17H,4-5,13-15H2,1-3H3,(H,26,27)/b11-7+. The molecule has 0 aliphatic rings. The maximum atomic E-state index is 12.4. The molecule has 0 aromatic heterocycles. The normalized spacial score (nSPS) is 10.4. The second-order valence-electron chi connectivity index (χ2n) is 6.54. The maximum Gasteiger partial charge on any atom is 0.248 e. The number of hydrogen-bond acceptors (Lipinski definition) is 6. The summed E-state index contributed by atoms with van der Waals surface area (Å²) in [6.45, 7) is 5.16. The molecule has 0 heterocycles. The molecule has 0 radical (unpaired) electrons. The summed E-state index contributed by atoms with van der Waals surface area (Å²) in [6, 6.07) is 12.4. The minimum Gasteiger partial charge on any atom is -0.493 e. The van der Waals surface area contributed by atoms with E-state index in [4.69, 9.17) is 24.2 Å². The number of amides is 1. The summed E-state index contributed by atoms with van der Waals surface area (Å²) in [5.74, 6) is 1.94. The van der Waals surface area contributed by atoms with E-state index in [0.717, 1.165) is 18.4 Å². The number of rotatable bonds is 12. The monoisotopic (exact) mass is 424 g/mol. The molecule has 0 saturated heterocycles. The van der Waals surface area contributed by atoms with Crippen LogP contribution in [0, 0.1) is 11.3 Å². The molecule has 0 aliphatic heterocycles. The lowest BCUT2D eigenvalue weighted by Crippen LogP contribution is -2.08. The Labute approximate surface area is 183 Å². The maximum absolute atomic E-state index is 12.4. The van der Waals surface area contributed by atoms with Crippen LogP contribution in [0.2, 0.25) is 0 Å². The molecule has 1 amide bonds. The van der Waals surface area contributed by atoms with Gasteiger partial charge in [0.05, 0.1) is 20.3 Å². The minimum atomic E-state index is -0.285. The molecule has 2 rings (SSSR count). The van der Waals surface area contributed by atoms with E-state index in [1.54, 1.807) is 42.5 Å². The molecule has 0 fully saturated rings. The van der Waals surface area contributed by atoms with E-state index in [0.29, 0.717) is 41.9 Å². The lowest BCUT2D eigenvalue weighted by molar-refractivity contribution is -0.111. The molecule has 0 saturated carbocycles. The number of carbonyl (C=O) groups excluding carboxylic acids is 1. The lowest BCUT2D eigenvalue weighted by Gasteiger charge is -2.13. The van der Waals surface area contributed by atoms with Crippen LogP contribution in [0.3, 0.4) is 0 Å². The topological polar surface area (TPSA) is 89.8 Å². The molecule has 0 bridgehead atoms. The van der Waals surface area contributed by atoms with Gasteiger partial charge in [-0.25, -0.2) is 0 Å². The minimum absolute atomic E-state index is 0.0693. The summed E-state index contributed by atoms with van der Waals surface area (Å²) >= 11 is 0. The van der Waals surface area contributed by atoms with Gasteiger partial charge >= 0.3 is 0 Å². The number of hydrogen-bond donors (Lipinski definition) is 1. The van der Waals surface area contributed by atoms with E-state index in [1.165, 1.54) is 13.2 Å². The zero-order valence-electron chi connectivity index (χ0n) is 18.1. The highest BCUT2D eigenvalue weighted by atomic mass is 16.5. The Bertz CT molecular complexity index is 934. The molecule has 2 aromatic carbocycles. The van der Waals surface area contributed by atoms with Crippen LogP contribution >= 0.6 is 0 Å². The molecular formula is C24H28N2O5. The second kappa shape index (κ2) is 12.8. The van der Waals surface area contributed by atoms with Gasteiger partial charge in [-0.15, -0.1) is 0 Å². The van der Waals surface area contributed by atoms with E-state index in [2.05, 4.69) is 5.32 Å². The molecule has 0 aliphatic carbocycles. The molecule has 0 spiro atoms. The van der Waals surface area contributed by atoms with Gasteiger partial charge in [-0.3, -0.25) is 4.79 Å². The first kappa shape index (κ1) is 23.6. The van der Waals surface area contributed by atoms with Crippen LogP contribution < -0.4 is 24.3 Å². The van der Waals surface area contributed by atoms with E-state index >= 15 is 0 Å². The number of nitriles is 1.